The van der Waals surface area contributed by atoms with Crippen LogP contribution in [0, 0.1) is 11.6 Å². The van der Waals surface area contributed by atoms with E-state index in [9.17, 15) is 13.6 Å². The molecule has 1 aliphatic heterocycles. The van der Waals surface area contributed by atoms with Crippen LogP contribution in [0.4, 0.5) is 17.6 Å². The first-order valence-electron chi connectivity index (χ1n) is 11.8. The van der Waals surface area contributed by atoms with E-state index in [0.717, 1.165) is 17.2 Å². The van der Waals surface area contributed by atoms with Crippen molar-refractivity contribution in [3.8, 4) is 0 Å². The van der Waals surface area contributed by atoms with Gasteiger partial charge in [0.1, 0.15) is 30.3 Å². The largest absolute Gasteiger partial charge is 0.404 e. The average molecular weight is 502 g/mol. The molecule has 2 aromatic rings. The highest BCUT2D eigenvalue weighted by molar-refractivity contribution is 6.09. The van der Waals surface area contributed by atoms with Gasteiger partial charge in [-0.1, -0.05) is 24.3 Å². The summed E-state index contributed by atoms with van der Waals surface area (Å²) in [4.78, 5) is 16.4. The molecule has 8 heteroatoms. The molecule has 0 spiro atoms. The van der Waals surface area contributed by atoms with Gasteiger partial charge >= 0.3 is 0 Å². The van der Waals surface area contributed by atoms with Crippen LogP contribution in [-0.2, 0) is 11.2 Å². The van der Waals surface area contributed by atoms with Gasteiger partial charge in [0.05, 0.1) is 12.6 Å². The summed E-state index contributed by atoms with van der Waals surface area (Å²) in [7, 11) is 0. The molecule has 0 amide bonds. The number of hydrogen-bond donors (Lipinski definition) is 1. The molecule has 2 aromatic carbocycles. The minimum absolute atomic E-state index is 0.0198. The SMILES string of the molecule is CC1Cc2cc(C(C=NCCF)=CN)ccc2C(c2c(F)cc(/C=C/C=O)cc2F)N1CC(C)(C)F. The van der Waals surface area contributed by atoms with Crippen molar-refractivity contribution < 1.29 is 22.4 Å². The van der Waals surface area contributed by atoms with Crippen LogP contribution in [0.3, 0.4) is 0 Å². The number of aliphatic imine (C=N–C) groups is 1. The standard InChI is InChI=1S/C28H31F4N3O/c1-18-11-21-14-20(22(15-33)16-34-9-8-29)6-7-23(21)27(35(18)17-28(2,3)32)26-24(30)12-19(5-4-10-36)13-25(26)31/h4-7,10,12-16,18,27H,8-9,11,17,33H2,1-3H3/b5-4+,22-15?,34-16?. The summed E-state index contributed by atoms with van der Waals surface area (Å²) in [6.45, 7) is 4.17. The maximum Gasteiger partial charge on any atom is 0.142 e. The topological polar surface area (TPSA) is 58.7 Å². The third kappa shape index (κ3) is 6.29. The van der Waals surface area contributed by atoms with Gasteiger partial charge in [0.25, 0.3) is 0 Å². The number of fused-ring (bicyclic) bond motifs is 1. The molecule has 0 aromatic heterocycles. The normalized spacial score (nSPS) is 19.2. The molecule has 1 heterocycles. The van der Waals surface area contributed by atoms with Crippen LogP contribution in [0.2, 0.25) is 0 Å². The molecule has 0 saturated heterocycles. The van der Waals surface area contributed by atoms with Crippen molar-refractivity contribution in [3.05, 3.63) is 82.1 Å². The quantitative estimate of drug-likeness (QED) is 0.211. The Morgan fingerprint density at radius 1 is 1.22 bits per heavy atom. The fourth-order valence-corrected chi connectivity index (χ4v) is 4.64. The Hall–Kier alpha value is -3.26. The molecule has 2 unspecified atom stereocenters. The fraction of sp³-hybridized carbons (Fsp3) is 0.357. The van der Waals surface area contributed by atoms with Crippen molar-refractivity contribution in [1.82, 2.24) is 4.90 Å². The molecular weight excluding hydrogens is 470 g/mol. The molecule has 3 rings (SSSR count). The number of alkyl halides is 2. The predicted molar refractivity (Wildman–Crippen MR) is 136 cm³/mol. The first-order chi connectivity index (χ1) is 17.1. The molecule has 2 atom stereocenters. The Labute approximate surface area is 209 Å². The fourth-order valence-electron chi connectivity index (χ4n) is 4.64. The lowest BCUT2D eigenvalue weighted by Gasteiger charge is -2.44. The van der Waals surface area contributed by atoms with E-state index in [4.69, 9.17) is 5.73 Å². The lowest BCUT2D eigenvalue weighted by atomic mass is 9.82. The van der Waals surface area contributed by atoms with Crippen molar-refractivity contribution in [1.29, 1.82) is 0 Å². The number of allylic oxidation sites excluding steroid dienone is 2. The highest BCUT2D eigenvalue weighted by atomic mass is 19.1. The van der Waals surface area contributed by atoms with Crippen molar-refractivity contribution >= 4 is 24.1 Å². The zero-order valence-electron chi connectivity index (χ0n) is 20.6. The smallest absolute Gasteiger partial charge is 0.142 e. The third-order valence-corrected chi connectivity index (χ3v) is 6.11. The van der Waals surface area contributed by atoms with Gasteiger partial charge in [-0.05, 0) is 67.7 Å². The number of rotatable bonds is 9. The summed E-state index contributed by atoms with van der Waals surface area (Å²) in [6.07, 6.45) is 6.39. The van der Waals surface area contributed by atoms with Crippen molar-refractivity contribution in [2.75, 3.05) is 19.8 Å². The average Bonchev–Trinajstić information content (AvgIpc) is 2.81. The van der Waals surface area contributed by atoms with Gasteiger partial charge in [-0.15, -0.1) is 0 Å². The number of carbonyl (C=O) groups excluding carboxylic acids is 1. The van der Waals surface area contributed by atoms with Crippen molar-refractivity contribution in [2.24, 2.45) is 10.7 Å². The molecule has 192 valence electrons. The van der Waals surface area contributed by atoms with E-state index in [1.807, 2.05) is 13.0 Å². The Balaban J connectivity index is 2.16. The lowest BCUT2D eigenvalue weighted by Crippen LogP contribution is -2.48. The number of nitrogens with zero attached hydrogens (tertiary/aromatic N) is 2. The van der Waals surface area contributed by atoms with Crippen molar-refractivity contribution in [3.63, 3.8) is 0 Å². The van der Waals surface area contributed by atoms with E-state index in [2.05, 4.69) is 4.99 Å². The third-order valence-electron chi connectivity index (χ3n) is 6.11. The van der Waals surface area contributed by atoms with Crippen LogP contribution >= 0.6 is 0 Å². The molecular formula is C28H31F4N3O. The first-order valence-corrected chi connectivity index (χ1v) is 11.8. The molecule has 0 aliphatic carbocycles. The molecule has 36 heavy (non-hydrogen) atoms. The van der Waals surface area contributed by atoms with Gasteiger partial charge in [0.15, 0.2) is 0 Å². The van der Waals surface area contributed by atoms with Crippen LogP contribution < -0.4 is 5.73 Å². The molecule has 0 bridgehead atoms. The first kappa shape index (κ1) is 27.3. The second-order valence-electron chi connectivity index (χ2n) is 9.50. The van der Waals surface area contributed by atoms with Gasteiger partial charge in [0, 0.05) is 36.1 Å². The number of carbonyl (C=O) groups is 1. The molecule has 2 N–H and O–H groups in total. The van der Waals surface area contributed by atoms with Gasteiger partial charge in [-0.25, -0.2) is 17.6 Å². The monoisotopic (exact) mass is 501 g/mol. The summed E-state index contributed by atoms with van der Waals surface area (Å²) in [6, 6.07) is 6.65. The summed E-state index contributed by atoms with van der Waals surface area (Å²) < 4.78 is 58.2. The van der Waals surface area contributed by atoms with E-state index in [1.165, 1.54) is 44.5 Å². The highest BCUT2D eigenvalue weighted by Crippen LogP contribution is 2.42. The Morgan fingerprint density at radius 3 is 2.50 bits per heavy atom. The second-order valence-corrected chi connectivity index (χ2v) is 9.50. The van der Waals surface area contributed by atoms with Gasteiger partial charge < -0.3 is 5.73 Å². The minimum atomic E-state index is -1.61. The zero-order valence-corrected chi connectivity index (χ0v) is 20.6. The highest BCUT2D eigenvalue weighted by Gasteiger charge is 2.39. The summed E-state index contributed by atoms with van der Waals surface area (Å²) >= 11 is 0. The molecule has 0 saturated carbocycles. The van der Waals surface area contributed by atoms with Gasteiger partial charge in [-0.2, -0.15) is 0 Å². The maximum absolute atomic E-state index is 15.4. The van der Waals surface area contributed by atoms with Gasteiger partial charge in [0.2, 0.25) is 0 Å². The Bertz CT molecular complexity index is 1160. The molecule has 4 nitrogen and oxygen atoms in total. The predicted octanol–water partition coefficient (Wildman–Crippen LogP) is 5.60. The van der Waals surface area contributed by atoms with Crippen LogP contribution in [0.25, 0.3) is 11.6 Å². The van der Waals surface area contributed by atoms with E-state index < -0.39 is 30.0 Å². The molecule has 1 aliphatic rings. The van der Waals surface area contributed by atoms with Gasteiger partial charge in [-0.3, -0.25) is 14.7 Å². The Morgan fingerprint density at radius 2 is 1.92 bits per heavy atom. The van der Waals surface area contributed by atoms with Crippen LogP contribution in [0.5, 0.6) is 0 Å². The summed E-state index contributed by atoms with van der Waals surface area (Å²) in [5.41, 5.74) is 7.02. The number of halogens is 4. The number of benzene rings is 2. The maximum atomic E-state index is 15.4. The molecule has 0 radical (unpaired) electrons. The van der Waals surface area contributed by atoms with E-state index in [-0.39, 0.29) is 30.3 Å². The number of hydrogen-bond acceptors (Lipinski definition) is 4. The minimum Gasteiger partial charge on any atom is -0.404 e. The van der Waals surface area contributed by atoms with Crippen LogP contribution in [0.15, 0.2) is 47.6 Å². The van der Waals surface area contributed by atoms with Crippen LogP contribution in [0.1, 0.15) is 54.6 Å². The Kier molecular flexibility index (Phi) is 8.84. The summed E-state index contributed by atoms with van der Waals surface area (Å²) in [5.74, 6) is -1.56. The zero-order chi connectivity index (χ0) is 26.5. The van der Waals surface area contributed by atoms with Crippen molar-refractivity contribution in [2.45, 2.75) is 44.9 Å². The van der Waals surface area contributed by atoms with E-state index in [0.29, 0.717) is 23.8 Å². The molecule has 0 fully saturated rings. The van der Waals surface area contributed by atoms with Crippen LogP contribution in [-0.4, -0.2) is 48.9 Å². The van der Waals surface area contributed by atoms with E-state index in [1.54, 1.807) is 17.0 Å². The lowest BCUT2D eigenvalue weighted by molar-refractivity contribution is -0.104. The van der Waals surface area contributed by atoms with E-state index >= 15 is 8.78 Å². The number of aldehydes is 1. The number of nitrogens with two attached hydrogens (primary N) is 1. The summed E-state index contributed by atoms with van der Waals surface area (Å²) in [5, 5.41) is 0. The second kappa shape index (κ2) is 11.6.